The highest BCUT2D eigenvalue weighted by atomic mass is 16.5. The van der Waals surface area contributed by atoms with Gasteiger partial charge in [-0.25, -0.2) is 0 Å². The molecule has 3 atom stereocenters. The molecular formula is C53H105NO5. The van der Waals surface area contributed by atoms with Crippen LogP contribution in [0.4, 0.5) is 0 Å². The molecule has 1 amide bonds. The van der Waals surface area contributed by atoms with Crippen molar-refractivity contribution >= 4 is 11.9 Å². The molecule has 0 rings (SSSR count). The van der Waals surface area contributed by atoms with E-state index in [1.807, 2.05) is 0 Å². The van der Waals surface area contributed by atoms with Crippen molar-refractivity contribution in [1.29, 1.82) is 0 Å². The van der Waals surface area contributed by atoms with Crippen LogP contribution in [0.25, 0.3) is 0 Å². The molecule has 0 heterocycles. The van der Waals surface area contributed by atoms with Crippen LogP contribution in [0.3, 0.4) is 0 Å². The van der Waals surface area contributed by atoms with E-state index in [1.54, 1.807) is 0 Å². The highest BCUT2D eigenvalue weighted by Crippen LogP contribution is 2.19. The first-order chi connectivity index (χ1) is 29.0. The molecule has 0 saturated heterocycles. The molecule has 0 aliphatic heterocycles. The van der Waals surface area contributed by atoms with Gasteiger partial charge >= 0.3 is 5.97 Å². The third-order valence-electron chi connectivity index (χ3n) is 12.7. The summed E-state index contributed by atoms with van der Waals surface area (Å²) in [6.07, 6.45) is 51.6. The average Bonchev–Trinajstić information content (AvgIpc) is 3.23. The molecule has 0 radical (unpaired) electrons. The lowest BCUT2D eigenvalue weighted by molar-refractivity contribution is -0.151. The molecule has 0 aliphatic rings. The van der Waals surface area contributed by atoms with E-state index in [0.717, 1.165) is 44.9 Å². The number of amides is 1. The standard InChI is InChI=1S/C53H105NO5/c1-4-7-10-13-16-19-22-24-25-26-27-28-30-32-35-38-41-44-49(59-53(58)46-43-40-37-34-29-21-18-15-12-9-6-3)47-52(57)54-50(48-55)51(56)45-42-39-36-33-31-23-20-17-14-11-8-5-2/h49-51,55-56H,4-48H2,1-3H3,(H,54,57). The van der Waals surface area contributed by atoms with E-state index in [1.165, 1.54) is 212 Å². The Hall–Kier alpha value is -1.14. The quantitative estimate of drug-likeness (QED) is 0.0419. The number of nitrogens with one attached hydrogen (secondary N) is 1. The van der Waals surface area contributed by atoms with Gasteiger partial charge in [0.05, 0.1) is 25.2 Å². The van der Waals surface area contributed by atoms with Crippen LogP contribution in [0.5, 0.6) is 0 Å². The fourth-order valence-electron chi connectivity index (χ4n) is 8.61. The highest BCUT2D eigenvalue weighted by Gasteiger charge is 2.24. The van der Waals surface area contributed by atoms with Crippen molar-refractivity contribution in [3.05, 3.63) is 0 Å². The molecule has 6 nitrogen and oxygen atoms in total. The summed E-state index contributed by atoms with van der Waals surface area (Å²) in [5.74, 6) is -0.450. The first-order valence-corrected chi connectivity index (χ1v) is 26.8. The van der Waals surface area contributed by atoms with E-state index in [4.69, 9.17) is 4.74 Å². The van der Waals surface area contributed by atoms with E-state index in [-0.39, 0.29) is 24.9 Å². The summed E-state index contributed by atoms with van der Waals surface area (Å²) >= 11 is 0. The number of ether oxygens (including phenoxy) is 1. The zero-order valence-electron chi connectivity index (χ0n) is 40.2. The van der Waals surface area contributed by atoms with E-state index in [9.17, 15) is 19.8 Å². The number of aliphatic hydroxyl groups excluding tert-OH is 2. The number of aliphatic hydroxyl groups is 2. The summed E-state index contributed by atoms with van der Waals surface area (Å²) in [7, 11) is 0. The van der Waals surface area contributed by atoms with Crippen molar-refractivity contribution in [3.8, 4) is 0 Å². The summed E-state index contributed by atoms with van der Waals surface area (Å²) in [4.78, 5) is 26.1. The van der Waals surface area contributed by atoms with Crippen molar-refractivity contribution in [2.75, 3.05) is 6.61 Å². The van der Waals surface area contributed by atoms with Crippen molar-refractivity contribution in [2.24, 2.45) is 0 Å². The largest absolute Gasteiger partial charge is 0.462 e. The van der Waals surface area contributed by atoms with Gasteiger partial charge < -0.3 is 20.3 Å². The second-order valence-corrected chi connectivity index (χ2v) is 18.6. The smallest absolute Gasteiger partial charge is 0.306 e. The number of carbonyl (C=O) groups is 2. The lowest BCUT2D eigenvalue weighted by Crippen LogP contribution is -2.46. The second-order valence-electron chi connectivity index (χ2n) is 18.6. The Morgan fingerprint density at radius 1 is 0.424 bits per heavy atom. The van der Waals surface area contributed by atoms with E-state index in [0.29, 0.717) is 19.3 Å². The van der Waals surface area contributed by atoms with E-state index in [2.05, 4.69) is 26.1 Å². The van der Waals surface area contributed by atoms with Crippen molar-refractivity contribution < 1.29 is 24.5 Å². The fraction of sp³-hybridized carbons (Fsp3) is 0.962. The SMILES string of the molecule is CCCCCCCCCCCCCCCCCCCC(CC(=O)NC(CO)C(O)CCCCCCCCCCCCCC)OC(=O)CCCCCCCCCCCCC. The zero-order valence-corrected chi connectivity index (χ0v) is 40.2. The van der Waals surface area contributed by atoms with Gasteiger partial charge in [-0.05, 0) is 25.7 Å². The minimum absolute atomic E-state index is 0.0880. The molecule has 0 aromatic rings. The zero-order chi connectivity index (χ0) is 43.1. The maximum atomic E-state index is 13.2. The molecule has 3 unspecified atom stereocenters. The molecule has 0 aliphatic carbocycles. The lowest BCUT2D eigenvalue weighted by atomic mass is 10.0. The van der Waals surface area contributed by atoms with Gasteiger partial charge in [-0.2, -0.15) is 0 Å². The number of unbranched alkanes of at least 4 members (excludes halogenated alkanes) is 37. The van der Waals surface area contributed by atoms with Gasteiger partial charge in [0.1, 0.15) is 6.10 Å². The van der Waals surface area contributed by atoms with Crippen LogP contribution in [-0.2, 0) is 14.3 Å². The molecule has 0 bridgehead atoms. The van der Waals surface area contributed by atoms with Gasteiger partial charge in [0, 0.05) is 6.42 Å². The van der Waals surface area contributed by atoms with Gasteiger partial charge in [0.2, 0.25) is 5.91 Å². The molecule has 0 saturated carbocycles. The van der Waals surface area contributed by atoms with Gasteiger partial charge in [-0.15, -0.1) is 0 Å². The molecule has 352 valence electrons. The lowest BCUT2D eigenvalue weighted by Gasteiger charge is -2.24. The van der Waals surface area contributed by atoms with E-state index >= 15 is 0 Å². The van der Waals surface area contributed by atoms with Crippen LogP contribution in [0, 0.1) is 0 Å². The van der Waals surface area contributed by atoms with Crippen LogP contribution in [-0.4, -0.2) is 46.9 Å². The second kappa shape index (κ2) is 47.9. The maximum absolute atomic E-state index is 13.2. The fourth-order valence-corrected chi connectivity index (χ4v) is 8.61. The Bertz CT molecular complexity index is 852. The average molecular weight is 836 g/mol. The predicted octanol–water partition coefficient (Wildman–Crippen LogP) is 16.0. The molecule has 6 heteroatoms. The molecule has 3 N–H and O–H groups in total. The molecule has 0 spiro atoms. The highest BCUT2D eigenvalue weighted by molar-refractivity contribution is 5.77. The number of esters is 1. The summed E-state index contributed by atoms with van der Waals surface area (Å²) in [6.45, 7) is 6.51. The van der Waals surface area contributed by atoms with Crippen LogP contribution >= 0.6 is 0 Å². The van der Waals surface area contributed by atoms with Gasteiger partial charge in [-0.1, -0.05) is 265 Å². The summed E-state index contributed by atoms with van der Waals surface area (Å²) < 4.78 is 5.94. The van der Waals surface area contributed by atoms with Gasteiger partial charge in [0.25, 0.3) is 0 Å². The van der Waals surface area contributed by atoms with Crippen LogP contribution in [0.1, 0.15) is 303 Å². The molecule has 0 aromatic carbocycles. The predicted molar refractivity (Wildman–Crippen MR) is 255 cm³/mol. The Labute approximate surface area is 368 Å². The summed E-state index contributed by atoms with van der Waals surface area (Å²) in [6, 6.07) is -0.691. The van der Waals surface area contributed by atoms with Crippen LogP contribution < -0.4 is 5.32 Å². The minimum atomic E-state index is -0.778. The van der Waals surface area contributed by atoms with Crippen molar-refractivity contribution in [1.82, 2.24) is 5.32 Å². The summed E-state index contributed by atoms with van der Waals surface area (Å²) in [5.41, 5.74) is 0. The van der Waals surface area contributed by atoms with Gasteiger partial charge in [0.15, 0.2) is 0 Å². The third kappa shape index (κ3) is 43.3. The number of hydrogen-bond acceptors (Lipinski definition) is 5. The van der Waals surface area contributed by atoms with Crippen LogP contribution in [0.15, 0.2) is 0 Å². The van der Waals surface area contributed by atoms with Crippen molar-refractivity contribution in [3.63, 3.8) is 0 Å². The first kappa shape index (κ1) is 57.9. The Kier molecular flexibility index (Phi) is 47.0. The molecule has 59 heavy (non-hydrogen) atoms. The third-order valence-corrected chi connectivity index (χ3v) is 12.7. The topological polar surface area (TPSA) is 95.9 Å². The number of carbonyl (C=O) groups excluding carboxylic acids is 2. The Morgan fingerprint density at radius 3 is 1.03 bits per heavy atom. The molecule has 0 aromatic heterocycles. The van der Waals surface area contributed by atoms with Crippen LogP contribution in [0.2, 0.25) is 0 Å². The first-order valence-electron chi connectivity index (χ1n) is 26.8. The maximum Gasteiger partial charge on any atom is 0.306 e. The minimum Gasteiger partial charge on any atom is -0.462 e. The Balaban J connectivity index is 4.49. The normalized spacial score (nSPS) is 13.1. The Morgan fingerprint density at radius 2 is 0.712 bits per heavy atom. The van der Waals surface area contributed by atoms with Gasteiger partial charge in [-0.3, -0.25) is 9.59 Å². The summed E-state index contributed by atoms with van der Waals surface area (Å²) in [5, 5.41) is 23.8. The monoisotopic (exact) mass is 836 g/mol. The molecular weight excluding hydrogens is 731 g/mol. The number of rotatable bonds is 49. The van der Waals surface area contributed by atoms with E-state index < -0.39 is 18.2 Å². The number of hydrogen-bond donors (Lipinski definition) is 3. The molecule has 0 fully saturated rings. The van der Waals surface area contributed by atoms with Crippen molar-refractivity contribution in [2.45, 2.75) is 322 Å².